The predicted molar refractivity (Wildman–Crippen MR) is 76.3 cm³/mol. The molecule has 2 rings (SSSR count). The highest BCUT2D eigenvalue weighted by atomic mass is 16.4. The van der Waals surface area contributed by atoms with Crippen molar-refractivity contribution in [2.24, 2.45) is 0 Å². The topological polar surface area (TPSA) is 175 Å². The molecule has 4 N–H and O–H groups in total. The Bertz CT molecular complexity index is 723. The third kappa shape index (κ3) is 5.18. The average molecular weight is 334 g/mol. The first-order valence-electron chi connectivity index (χ1n) is 6.07. The van der Waals surface area contributed by atoms with E-state index in [1.165, 1.54) is 12.1 Å². The lowest BCUT2D eigenvalue weighted by molar-refractivity contribution is 0.0675. The van der Waals surface area contributed by atoms with E-state index in [-0.39, 0.29) is 22.5 Å². The second kappa shape index (κ2) is 7.98. The molecule has 0 fully saturated rings. The standard InChI is InChI=1S/2C7H5NO4/c9-6(10)4-1-2-8-5(3-4)7(11)12;9-6(10)4-1-2-5(7(11)12)8-3-4/h2*1-3H,(H,9,10)(H,11,12). The molecular weight excluding hydrogens is 324 g/mol. The minimum absolute atomic E-state index is 0.0278. The van der Waals surface area contributed by atoms with Gasteiger partial charge in [-0.25, -0.2) is 29.1 Å². The van der Waals surface area contributed by atoms with E-state index < -0.39 is 23.9 Å². The fraction of sp³-hybridized carbons (Fsp3) is 0. The van der Waals surface area contributed by atoms with E-state index in [9.17, 15) is 19.2 Å². The molecule has 0 aliphatic rings. The van der Waals surface area contributed by atoms with Crippen molar-refractivity contribution in [3.63, 3.8) is 0 Å². The Hall–Kier alpha value is -3.82. The van der Waals surface area contributed by atoms with Crippen LogP contribution < -0.4 is 0 Å². The number of rotatable bonds is 4. The maximum Gasteiger partial charge on any atom is 0.354 e. The molecule has 0 saturated heterocycles. The van der Waals surface area contributed by atoms with Gasteiger partial charge in [-0.15, -0.1) is 0 Å². The summed E-state index contributed by atoms with van der Waals surface area (Å²) in [5.74, 6) is -4.70. The summed E-state index contributed by atoms with van der Waals surface area (Å²) in [6, 6.07) is 4.57. The van der Waals surface area contributed by atoms with Gasteiger partial charge in [-0.2, -0.15) is 0 Å². The number of aromatic carboxylic acids is 4. The second-order valence-electron chi connectivity index (χ2n) is 4.08. The third-order valence-corrected chi connectivity index (χ3v) is 2.46. The van der Waals surface area contributed by atoms with Gasteiger partial charge in [0.2, 0.25) is 0 Å². The van der Waals surface area contributed by atoms with Gasteiger partial charge < -0.3 is 20.4 Å². The van der Waals surface area contributed by atoms with Crippen LogP contribution in [-0.2, 0) is 0 Å². The molecule has 0 aliphatic heterocycles. The van der Waals surface area contributed by atoms with Gasteiger partial charge in [0.05, 0.1) is 11.1 Å². The van der Waals surface area contributed by atoms with E-state index in [1.807, 2.05) is 0 Å². The van der Waals surface area contributed by atoms with Gasteiger partial charge in [0.15, 0.2) is 0 Å². The highest BCUT2D eigenvalue weighted by Gasteiger charge is 2.08. The quantitative estimate of drug-likeness (QED) is 0.629. The van der Waals surface area contributed by atoms with Gasteiger partial charge in [-0.3, -0.25) is 0 Å². The summed E-state index contributed by atoms with van der Waals surface area (Å²) in [4.78, 5) is 48.1. The number of carboxylic acids is 4. The number of carbonyl (C=O) groups is 4. The molecule has 124 valence electrons. The summed E-state index contributed by atoms with van der Waals surface area (Å²) in [6.07, 6.45) is 2.15. The Labute approximate surface area is 133 Å². The fourth-order valence-electron chi connectivity index (χ4n) is 1.33. The van der Waals surface area contributed by atoms with Crippen LogP contribution in [0.15, 0.2) is 36.7 Å². The number of carboxylic acid groups (broad SMARTS) is 4. The lowest BCUT2D eigenvalue weighted by Crippen LogP contribution is -2.03. The Morgan fingerprint density at radius 1 is 0.667 bits per heavy atom. The number of hydrogen-bond acceptors (Lipinski definition) is 6. The highest BCUT2D eigenvalue weighted by Crippen LogP contribution is 2.01. The zero-order chi connectivity index (χ0) is 18.3. The molecule has 0 amide bonds. The van der Waals surface area contributed by atoms with Gasteiger partial charge in [0.1, 0.15) is 11.4 Å². The first-order chi connectivity index (χ1) is 11.2. The van der Waals surface area contributed by atoms with Crippen LogP contribution in [0, 0.1) is 0 Å². The van der Waals surface area contributed by atoms with Crippen LogP contribution in [0.2, 0.25) is 0 Å². The number of hydrogen-bond donors (Lipinski definition) is 4. The summed E-state index contributed by atoms with van der Waals surface area (Å²) in [5, 5.41) is 33.7. The van der Waals surface area contributed by atoms with Crippen molar-refractivity contribution in [2.45, 2.75) is 0 Å². The Morgan fingerprint density at radius 3 is 1.67 bits per heavy atom. The summed E-state index contributed by atoms with van der Waals surface area (Å²) < 4.78 is 0. The number of nitrogens with zero attached hydrogens (tertiary/aromatic N) is 2. The van der Waals surface area contributed by atoms with E-state index in [1.54, 1.807) is 0 Å². The molecular formula is C14H10N2O8. The first kappa shape index (κ1) is 18.2. The summed E-state index contributed by atoms with van der Waals surface area (Å²) >= 11 is 0. The minimum Gasteiger partial charge on any atom is -0.478 e. The molecule has 0 bridgehead atoms. The molecule has 2 heterocycles. The molecule has 2 aromatic heterocycles. The molecule has 0 spiro atoms. The minimum atomic E-state index is -1.24. The van der Waals surface area contributed by atoms with Crippen LogP contribution in [0.3, 0.4) is 0 Å². The molecule has 0 unspecified atom stereocenters. The normalized spacial score (nSPS) is 9.33. The van der Waals surface area contributed by atoms with Gasteiger partial charge in [-0.05, 0) is 24.3 Å². The van der Waals surface area contributed by atoms with Crippen molar-refractivity contribution < 1.29 is 39.6 Å². The average Bonchev–Trinajstić information content (AvgIpc) is 2.55. The monoisotopic (exact) mass is 334 g/mol. The lowest BCUT2D eigenvalue weighted by atomic mass is 10.2. The van der Waals surface area contributed by atoms with E-state index >= 15 is 0 Å². The van der Waals surface area contributed by atoms with Crippen molar-refractivity contribution in [3.05, 3.63) is 59.2 Å². The van der Waals surface area contributed by atoms with Crippen LogP contribution in [0.1, 0.15) is 41.7 Å². The van der Waals surface area contributed by atoms with Crippen LogP contribution in [0.5, 0.6) is 0 Å². The fourth-order valence-corrected chi connectivity index (χ4v) is 1.33. The summed E-state index contributed by atoms with van der Waals surface area (Å²) in [5.41, 5.74) is -0.544. The maximum atomic E-state index is 10.4. The van der Waals surface area contributed by atoms with Crippen molar-refractivity contribution in [3.8, 4) is 0 Å². The van der Waals surface area contributed by atoms with E-state index in [4.69, 9.17) is 20.4 Å². The van der Waals surface area contributed by atoms with Crippen molar-refractivity contribution >= 4 is 23.9 Å². The van der Waals surface area contributed by atoms with Crippen LogP contribution in [-0.4, -0.2) is 54.3 Å². The molecule has 2 aromatic rings. The van der Waals surface area contributed by atoms with E-state index in [0.717, 1.165) is 24.5 Å². The maximum absolute atomic E-state index is 10.4. The molecule has 10 nitrogen and oxygen atoms in total. The van der Waals surface area contributed by atoms with Crippen molar-refractivity contribution in [1.82, 2.24) is 9.97 Å². The Kier molecular flexibility index (Phi) is 6.06. The van der Waals surface area contributed by atoms with Gasteiger partial charge >= 0.3 is 23.9 Å². The molecule has 0 aliphatic carbocycles. The van der Waals surface area contributed by atoms with E-state index in [2.05, 4.69) is 9.97 Å². The smallest absolute Gasteiger partial charge is 0.354 e. The zero-order valence-corrected chi connectivity index (χ0v) is 11.8. The second-order valence-corrected chi connectivity index (χ2v) is 4.08. The highest BCUT2D eigenvalue weighted by molar-refractivity contribution is 5.92. The first-order valence-corrected chi connectivity index (χ1v) is 6.07. The van der Waals surface area contributed by atoms with E-state index in [0.29, 0.717) is 0 Å². The van der Waals surface area contributed by atoms with Gasteiger partial charge in [-0.1, -0.05) is 0 Å². The van der Waals surface area contributed by atoms with Crippen molar-refractivity contribution in [2.75, 3.05) is 0 Å². The SMILES string of the molecule is O=C(O)c1ccc(C(=O)O)nc1.O=C(O)c1ccnc(C(=O)O)c1. The third-order valence-electron chi connectivity index (χ3n) is 2.46. The molecule has 0 saturated carbocycles. The Balaban J connectivity index is 0.000000240. The molecule has 0 radical (unpaired) electrons. The zero-order valence-electron chi connectivity index (χ0n) is 11.8. The van der Waals surface area contributed by atoms with Crippen LogP contribution >= 0.6 is 0 Å². The van der Waals surface area contributed by atoms with Gasteiger partial charge in [0, 0.05) is 12.4 Å². The molecule has 0 aromatic carbocycles. The van der Waals surface area contributed by atoms with Gasteiger partial charge in [0.25, 0.3) is 0 Å². The molecule has 0 atom stereocenters. The summed E-state index contributed by atoms with van der Waals surface area (Å²) in [6.45, 7) is 0. The van der Waals surface area contributed by atoms with Crippen molar-refractivity contribution in [1.29, 1.82) is 0 Å². The predicted octanol–water partition coefficient (Wildman–Crippen LogP) is 0.956. The molecule has 24 heavy (non-hydrogen) atoms. The van der Waals surface area contributed by atoms with Crippen LogP contribution in [0.4, 0.5) is 0 Å². The summed E-state index contributed by atoms with van der Waals surface area (Å²) in [7, 11) is 0. The number of pyridine rings is 2. The number of aromatic nitrogens is 2. The Morgan fingerprint density at radius 2 is 1.25 bits per heavy atom. The largest absolute Gasteiger partial charge is 0.478 e. The lowest BCUT2D eigenvalue weighted by Gasteiger charge is -1.94. The molecule has 10 heteroatoms. The van der Waals surface area contributed by atoms with Crippen LogP contribution in [0.25, 0.3) is 0 Å².